The first-order valence-corrected chi connectivity index (χ1v) is 6.93. The lowest BCUT2D eigenvalue weighted by Gasteiger charge is -2.14. The summed E-state index contributed by atoms with van der Waals surface area (Å²) in [6.07, 6.45) is 0.372. The second-order valence-corrected chi connectivity index (χ2v) is 6.20. The SMILES string of the molecule is COCCc1ccc([N+](=O)[O-])cc1S(=O)(=O)N(C)C. The summed E-state index contributed by atoms with van der Waals surface area (Å²) in [5.41, 5.74) is 0.253. The highest BCUT2D eigenvalue weighted by atomic mass is 32.2. The van der Waals surface area contributed by atoms with E-state index in [4.69, 9.17) is 4.74 Å². The predicted octanol–water partition coefficient (Wildman–Crippen LogP) is 1.03. The molecule has 0 aliphatic rings. The number of sulfonamides is 1. The van der Waals surface area contributed by atoms with Crippen molar-refractivity contribution in [3.63, 3.8) is 0 Å². The molecule has 0 saturated carbocycles. The van der Waals surface area contributed by atoms with Gasteiger partial charge in [-0.2, -0.15) is 0 Å². The molecule has 19 heavy (non-hydrogen) atoms. The summed E-state index contributed by atoms with van der Waals surface area (Å²) >= 11 is 0. The zero-order chi connectivity index (χ0) is 14.6. The minimum Gasteiger partial charge on any atom is -0.384 e. The number of nitro groups is 1. The Kier molecular flexibility index (Phi) is 4.98. The van der Waals surface area contributed by atoms with E-state index >= 15 is 0 Å². The lowest BCUT2D eigenvalue weighted by molar-refractivity contribution is -0.385. The molecule has 0 saturated heterocycles. The van der Waals surface area contributed by atoms with Gasteiger partial charge in [0.2, 0.25) is 10.0 Å². The summed E-state index contributed by atoms with van der Waals surface area (Å²) in [4.78, 5) is 10.1. The molecule has 1 aromatic carbocycles. The molecule has 0 spiro atoms. The lowest BCUT2D eigenvalue weighted by Crippen LogP contribution is -2.23. The van der Waals surface area contributed by atoms with Crippen molar-refractivity contribution in [1.82, 2.24) is 4.31 Å². The molecule has 0 bridgehead atoms. The number of benzene rings is 1. The van der Waals surface area contributed by atoms with Gasteiger partial charge in [0, 0.05) is 33.3 Å². The monoisotopic (exact) mass is 288 g/mol. The number of nitrogens with zero attached hydrogens (tertiary/aromatic N) is 2. The van der Waals surface area contributed by atoms with Crippen LogP contribution in [0.5, 0.6) is 0 Å². The topological polar surface area (TPSA) is 89.7 Å². The summed E-state index contributed by atoms with van der Waals surface area (Å²) in [5, 5.41) is 10.7. The van der Waals surface area contributed by atoms with E-state index in [0.29, 0.717) is 18.6 Å². The van der Waals surface area contributed by atoms with E-state index in [9.17, 15) is 18.5 Å². The molecule has 0 aliphatic carbocycles. The summed E-state index contributed by atoms with van der Waals surface area (Å²) < 4.78 is 30.2. The van der Waals surface area contributed by atoms with E-state index < -0.39 is 14.9 Å². The smallest absolute Gasteiger partial charge is 0.270 e. The number of non-ortho nitro benzene ring substituents is 1. The number of methoxy groups -OCH3 is 1. The highest BCUT2D eigenvalue weighted by molar-refractivity contribution is 7.89. The van der Waals surface area contributed by atoms with E-state index in [0.717, 1.165) is 10.4 Å². The second-order valence-electron chi connectivity index (χ2n) is 4.08. The van der Waals surface area contributed by atoms with Gasteiger partial charge < -0.3 is 4.74 Å². The number of nitro benzene ring substituents is 1. The molecule has 7 nitrogen and oxygen atoms in total. The van der Waals surface area contributed by atoms with Crippen LogP contribution in [0.2, 0.25) is 0 Å². The summed E-state index contributed by atoms with van der Waals surface area (Å²) in [7, 11) is 0.551. The Morgan fingerprint density at radius 1 is 1.37 bits per heavy atom. The Bertz CT molecular complexity index is 568. The van der Waals surface area contributed by atoms with Crippen molar-refractivity contribution < 1.29 is 18.1 Å². The van der Waals surface area contributed by atoms with Crippen LogP contribution in [0.4, 0.5) is 5.69 Å². The van der Waals surface area contributed by atoms with Gasteiger partial charge in [-0.3, -0.25) is 10.1 Å². The quantitative estimate of drug-likeness (QED) is 0.576. The largest absolute Gasteiger partial charge is 0.384 e. The maximum atomic E-state index is 12.2. The molecule has 106 valence electrons. The minimum absolute atomic E-state index is 0.0521. The Balaban J connectivity index is 3.38. The molecule has 1 aromatic rings. The molecule has 0 atom stereocenters. The summed E-state index contributed by atoms with van der Waals surface area (Å²) in [6, 6.07) is 3.83. The second kappa shape index (κ2) is 6.09. The van der Waals surface area contributed by atoms with Gasteiger partial charge >= 0.3 is 0 Å². The molecule has 8 heteroatoms. The van der Waals surface area contributed by atoms with E-state index in [2.05, 4.69) is 0 Å². The maximum Gasteiger partial charge on any atom is 0.270 e. The van der Waals surface area contributed by atoms with Gasteiger partial charge in [-0.1, -0.05) is 6.07 Å². The van der Waals surface area contributed by atoms with Gasteiger partial charge in [0.25, 0.3) is 5.69 Å². The Labute approximate surface area is 112 Å². The molecule has 0 unspecified atom stereocenters. The van der Waals surface area contributed by atoms with Crippen LogP contribution in [0.1, 0.15) is 5.56 Å². The highest BCUT2D eigenvalue weighted by Crippen LogP contribution is 2.24. The van der Waals surface area contributed by atoms with Crippen LogP contribution in [0.25, 0.3) is 0 Å². The van der Waals surface area contributed by atoms with Gasteiger partial charge in [0.1, 0.15) is 0 Å². The molecular weight excluding hydrogens is 272 g/mol. The fourth-order valence-corrected chi connectivity index (χ4v) is 2.68. The minimum atomic E-state index is -3.72. The Morgan fingerprint density at radius 2 is 2.00 bits per heavy atom. The fraction of sp³-hybridized carbons (Fsp3) is 0.455. The third kappa shape index (κ3) is 3.49. The zero-order valence-corrected chi connectivity index (χ0v) is 11.8. The van der Waals surface area contributed by atoms with Crippen LogP contribution in [0.3, 0.4) is 0 Å². The molecule has 0 fully saturated rings. The molecular formula is C11H16N2O5S. The normalized spacial score (nSPS) is 11.8. The van der Waals surface area contributed by atoms with Crippen LogP contribution >= 0.6 is 0 Å². The molecule has 0 amide bonds. The van der Waals surface area contributed by atoms with Crippen molar-refractivity contribution in [3.05, 3.63) is 33.9 Å². The Morgan fingerprint density at radius 3 is 2.47 bits per heavy atom. The third-order valence-electron chi connectivity index (χ3n) is 2.60. The van der Waals surface area contributed by atoms with E-state index in [1.54, 1.807) is 0 Å². The zero-order valence-electron chi connectivity index (χ0n) is 11.0. The van der Waals surface area contributed by atoms with Gasteiger partial charge in [-0.15, -0.1) is 0 Å². The van der Waals surface area contributed by atoms with Crippen molar-refractivity contribution in [3.8, 4) is 0 Å². The fourth-order valence-electron chi connectivity index (χ4n) is 1.51. The van der Waals surface area contributed by atoms with Crippen molar-refractivity contribution >= 4 is 15.7 Å². The van der Waals surface area contributed by atoms with Crippen molar-refractivity contribution in [2.45, 2.75) is 11.3 Å². The third-order valence-corrected chi connectivity index (χ3v) is 4.49. The van der Waals surface area contributed by atoms with Gasteiger partial charge in [0.15, 0.2) is 0 Å². The number of hydrogen-bond donors (Lipinski definition) is 0. The van der Waals surface area contributed by atoms with Crippen LogP contribution in [-0.2, 0) is 21.2 Å². The van der Waals surface area contributed by atoms with Gasteiger partial charge in [-0.05, 0) is 12.0 Å². The predicted molar refractivity (Wildman–Crippen MR) is 69.5 cm³/mol. The van der Waals surface area contributed by atoms with Crippen LogP contribution in [-0.4, -0.2) is 45.5 Å². The molecule has 1 rings (SSSR count). The number of hydrogen-bond acceptors (Lipinski definition) is 5. The average molecular weight is 288 g/mol. The molecule has 0 N–H and O–H groups in total. The van der Waals surface area contributed by atoms with E-state index in [1.807, 2.05) is 0 Å². The van der Waals surface area contributed by atoms with Crippen molar-refractivity contribution in [1.29, 1.82) is 0 Å². The number of rotatable bonds is 6. The Hall–Kier alpha value is -1.51. The van der Waals surface area contributed by atoms with Crippen LogP contribution in [0.15, 0.2) is 23.1 Å². The first kappa shape index (κ1) is 15.5. The molecule has 0 radical (unpaired) electrons. The molecule has 0 aromatic heterocycles. The molecule has 0 aliphatic heterocycles. The lowest BCUT2D eigenvalue weighted by atomic mass is 10.1. The van der Waals surface area contributed by atoms with E-state index in [1.165, 1.54) is 33.3 Å². The average Bonchev–Trinajstić information content (AvgIpc) is 2.35. The van der Waals surface area contributed by atoms with Crippen LogP contribution < -0.4 is 0 Å². The summed E-state index contributed by atoms with van der Waals surface area (Å²) in [5.74, 6) is 0. The van der Waals surface area contributed by atoms with Crippen molar-refractivity contribution in [2.75, 3.05) is 27.8 Å². The van der Waals surface area contributed by atoms with Gasteiger partial charge in [0.05, 0.1) is 16.4 Å². The first-order chi connectivity index (χ1) is 8.80. The number of ether oxygens (including phenoxy) is 1. The molecule has 0 heterocycles. The van der Waals surface area contributed by atoms with Gasteiger partial charge in [-0.25, -0.2) is 12.7 Å². The first-order valence-electron chi connectivity index (χ1n) is 5.49. The van der Waals surface area contributed by atoms with Crippen LogP contribution in [0, 0.1) is 10.1 Å². The highest BCUT2D eigenvalue weighted by Gasteiger charge is 2.23. The standard InChI is InChI=1S/C11H16N2O5S/c1-12(2)19(16,17)11-8-10(13(14)15)5-4-9(11)6-7-18-3/h4-5,8H,6-7H2,1-3H3. The summed E-state index contributed by atoms with van der Waals surface area (Å²) in [6.45, 7) is 0.341. The van der Waals surface area contributed by atoms with E-state index in [-0.39, 0.29) is 10.6 Å². The maximum absolute atomic E-state index is 12.2. The van der Waals surface area contributed by atoms with Crippen molar-refractivity contribution in [2.24, 2.45) is 0 Å².